The van der Waals surface area contributed by atoms with Gasteiger partial charge in [-0.25, -0.2) is 0 Å². The van der Waals surface area contributed by atoms with Crippen LogP contribution in [0.3, 0.4) is 0 Å². The number of rotatable bonds is 3. The number of aryl methyl sites for hydroxylation is 1. The van der Waals surface area contributed by atoms with Gasteiger partial charge in [0.25, 0.3) is 0 Å². The van der Waals surface area contributed by atoms with Crippen LogP contribution in [-0.4, -0.2) is 23.5 Å². The average Bonchev–Trinajstić information content (AvgIpc) is 2.66. The molecule has 1 unspecified atom stereocenters. The standard InChI is InChI=1S/C14H21N3O/c1-11-6-7-12(9-16-11)10-17-14(18)13-5-3-2-4-8-15-13/h6-7,9,13,15H,2-5,8,10H2,1H3,(H,17,18). The molecule has 1 aromatic heterocycles. The van der Waals surface area contributed by atoms with Gasteiger partial charge in [0.15, 0.2) is 0 Å². The Labute approximate surface area is 108 Å². The molecule has 2 rings (SSSR count). The largest absolute Gasteiger partial charge is 0.351 e. The number of aromatic nitrogens is 1. The minimum Gasteiger partial charge on any atom is -0.351 e. The van der Waals surface area contributed by atoms with E-state index < -0.39 is 0 Å². The highest BCUT2D eigenvalue weighted by Crippen LogP contribution is 2.08. The smallest absolute Gasteiger partial charge is 0.237 e. The van der Waals surface area contributed by atoms with Crippen LogP contribution in [-0.2, 0) is 11.3 Å². The quantitative estimate of drug-likeness (QED) is 0.852. The summed E-state index contributed by atoms with van der Waals surface area (Å²) in [5.74, 6) is 0.109. The first-order chi connectivity index (χ1) is 8.75. The third kappa shape index (κ3) is 3.81. The van der Waals surface area contributed by atoms with Crippen molar-refractivity contribution in [2.24, 2.45) is 0 Å². The van der Waals surface area contributed by atoms with Gasteiger partial charge in [0.05, 0.1) is 6.04 Å². The first-order valence-corrected chi connectivity index (χ1v) is 6.68. The lowest BCUT2D eigenvalue weighted by molar-refractivity contribution is -0.123. The van der Waals surface area contributed by atoms with E-state index in [0.717, 1.165) is 30.6 Å². The van der Waals surface area contributed by atoms with Crippen molar-refractivity contribution in [3.05, 3.63) is 29.6 Å². The van der Waals surface area contributed by atoms with Gasteiger partial charge in [-0.2, -0.15) is 0 Å². The number of hydrogen-bond donors (Lipinski definition) is 2. The van der Waals surface area contributed by atoms with Crippen molar-refractivity contribution in [1.29, 1.82) is 0 Å². The zero-order chi connectivity index (χ0) is 12.8. The molecule has 0 saturated carbocycles. The molecule has 0 aliphatic carbocycles. The second kappa shape index (κ2) is 6.50. The molecule has 18 heavy (non-hydrogen) atoms. The summed E-state index contributed by atoms with van der Waals surface area (Å²) in [6, 6.07) is 3.94. The molecule has 4 heteroatoms. The Balaban J connectivity index is 1.81. The van der Waals surface area contributed by atoms with Gasteiger partial charge >= 0.3 is 0 Å². The van der Waals surface area contributed by atoms with Crippen molar-refractivity contribution in [3.63, 3.8) is 0 Å². The summed E-state index contributed by atoms with van der Waals surface area (Å²) in [5, 5.41) is 6.27. The second-order valence-electron chi connectivity index (χ2n) is 4.88. The van der Waals surface area contributed by atoms with E-state index in [1.807, 2.05) is 25.3 Å². The van der Waals surface area contributed by atoms with Crippen LogP contribution in [0.4, 0.5) is 0 Å². The van der Waals surface area contributed by atoms with Gasteiger partial charge in [-0.1, -0.05) is 18.9 Å². The molecule has 0 aromatic carbocycles. The lowest BCUT2D eigenvalue weighted by Gasteiger charge is -2.15. The Morgan fingerprint density at radius 2 is 2.33 bits per heavy atom. The molecule has 1 aliphatic rings. The van der Waals surface area contributed by atoms with Crippen LogP contribution in [0.15, 0.2) is 18.3 Å². The third-order valence-electron chi connectivity index (χ3n) is 3.32. The zero-order valence-electron chi connectivity index (χ0n) is 10.9. The van der Waals surface area contributed by atoms with E-state index in [9.17, 15) is 4.79 Å². The summed E-state index contributed by atoms with van der Waals surface area (Å²) in [7, 11) is 0. The minimum atomic E-state index is -0.0223. The van der Waals surface area contributed by atoms with E-state index in [1.54, 1.807) is 0 Å². The van der Waals surface area contributed by atoms with Gasteiger partial charge in [-0.05, 0) is 37.9 Å². The Hall–Kier alpha value is -1.42. The van der Waals surface area contributed by atoms with Gasteiger partial charge in [0, 0.05) is 18.4 Å². The highest BCUT2D eigenvalue weighted by molar-refractivity contribution is 5.81. The van der Waals surface area contributed by atoms with E-state index in [-0.39, 0.29) is 11.9 Å². The molecule has 1 atom stereocenters. The van der Waals surface area contributed by atoms with Crippen molar-refractivity contribution in [2.75, 3.05) is 6.54 Å². The van der Waals surface area contributed by atoms with Crippen molar-refractivity contribution >= 4 is 5.91 Å². The molecule has 1 aromatic rings. The number of carbonyl (C=O) groups excluding carboxylic acids is 1. The van der Waals surface area contributed by atoms with Crippen LogP contribution in [0.2, 0.25) is 0 Å². The molecule has 1 saturated heterocycles. The van der Waals surface area contributed by atoms with Gasteiger partial charge in [0.2, 0.25) is 5.91 Å². The maximum absolute atomic E-state index is 12.0. The van der Waals surface area contributed by atoms with Crippen LogP contribution in [0, 0.1) is 6.92 Å². The Morgan fingerprint density at radius 1 is 1.44 bits per heavy atom. The maximum atomic E-state index is 12.0. The number of amides is 1. The highest BCUT2D eigenvalue weighted by Gasteiger charge is 2.18. The molecule has 1 amide bonds. The number of carbonyl (C=O) groups is 1. The van der Waals surface area contributed by atoms with E-state index in [1.165, 1.54) is 12.8 Å². The van der Waals surface area contributed by atoms with Crippen molar-refractivity contribution in [1.82, 2.24) is 15.6 Å². The van der Waals surface area contributed by atoms with Gasteiger partial charge in [0.1, 0.15) is 0 Å². The zero-order valence-corrected chi connectivity index (χ0v) is 10.9. The van der Waals surface area contributed by atoms with Crippen molar-refractivity contribution < 1.29 is 4.79 Å². The fourth-order valence-corrected chi connectivity index (χ4v) is 2.17. The molecule has 1 aliphatic heterocycles. The predicted octanol–water partition coefficient (Wildman–Crippen LogP) is 1.54. The highest BCUT2D eigenvalue weighted by atomic mass is 16.2. The number of hydrogen-bond acceptors (Lipinski definition) is 3. The number of pyridine rings is 1. The van der Waals surface area contributed by atoms with E-state index in [4.69, 9.17) is 0 Å². The summed E-state index contributed by atoms with van der Waals surface area (Å²) in [5.41, 5.74) is 2.04. The molecule has 1 fully saturated rings. The van der Waals surface area contributed by atoms with E-state index in [0.29, 0.717) is 6.54 Å². The SMILES string of the molecule is Cc1ccc(CNC(=O)C2CCCCCN2)cn1. The van der Waals surface area contributed by atoms with Crippen LogP contribution < -0.4 is 10.6 Å². The van der Waals surface area contributed by atoms with E-state index in [2.05, 4.69) is 15.6 Å². The van der Waals surface area contributed by atoms with Crippen LogP contribution in [0.1, 0.15) is 36.9 Å². The fourth-order valence-electron chi connectivity index (χ4n) is 2.17. The molecule has 2 heterocycles. The monoisotopic (exact) mass is 247 g/mol. The maximum Gasteiger partial charge on any atom is 0.237 e. The lowest BCUT2D eigenvalue weighted by Crippen LogP contribution is -2.43. The van der Waals surface area contributed by atoms with Crippen molar-refractivity contribution in [2.45, 2.75) is 45.2 Å². The van der Waals surface area contributed by atoms with E-state index >= 15 is 0 Å². The lowest BCUT2D eigenvalue weighted by atomic mass is 10.1. The molecule has 4 nitrogen and oxygen atoms in total. The Morgan fingerprint density at radius 3 is 3.11 bits per heavy atom. The van der Waals surface area contributed by atoms with Crippen LogP contribution in [0.25, 0.3) is 0 Å². The second-order valence-corrected chi connectivity index (χ2v) is 4.88. The molecule has 98 valence electrons. The normalized spacial score (nSPS) is 20.2. The predicted molar refractivity (Wildman–Crippen MR) is 71.1 cm³/mol. The van der Waals surface area contributed by atoms with Gasteiger partial charge < -0.3 is 10.6 Å². The number of nitrogens with one attached hydrogen (secondary N) is 2. The summed E-state index contributed by atoms with van der Waals surface area (Å²) in [4.78, 5) is 16.2. The number of nitrogens with zero attached hydrogens (tertiary/aromatic N) is 1. The first kappa shape index (κ1) is 13.0. The fraction of sp³-hybridized carbons (Fsp3) is 0.571. The summed E-state index contributed by atoms with van der Waals surface area (Å²) in [6.45, 7) is 3.46. The molecular formula is C14H21N3O. The topological polar surface area (TPSA) is 54.0 Å². The Kier molecular flexibility index (Phi) is 4.70. The first-order valence-electron chi connectivity index (χ1n) is 6.68. The summed E-state index contributed by atoms with van der Waals surface area (Å²) < 4.78 is 0. The third-order valence-corrected chi connectivity index (χ3v) is 3.32. The molecular weight excluding hydrogens is 226 g/mol. The van der Waals surface area contributed by atoms with Gasteiger partial charge in [-0.3, -0.25) is 9.78 Å². The minimum absolute atomic E-state index is 0.0223. The summed E-state index contributed by atoms with van der Waals surface area (Å²) >= 11 is 0. The molecule has 0 bridgehead atoms. The average molecular weight is 247 g/mol. The summed E-state index contributed by atoms with van der Waals surface area (Å²) in [6.07, 6.45) is 6.29. The molecule has 0 radical (unpaired) electrons. The molecule has 0 spiro atoms. The Bertz CT molecular complexity index is 381. The van der Waals surface area contributed by atoms with Gasteiger partial charge in [-0.15, -0.1) is 0 Å². The molecule has 2 N–H and O–H groups in total. The van der Waals surface area contributed by atoms with Crippen LogP contribution in [0.5, 0.6) is 0 Å². The van der Waals surface area contributed by atoms with Crippen molar-refractivity contribution in [3.8, 4) is 0 Å². The van der Waals surface area contributed by atoms with Crippen LogP contribution >= 0.6 is 0 Å².